The highest BCUT2D eigenvalue weighted by Gasteiger charge is 2.41. The molecule has 2 aromatic rings. The van der Waals surface area contributed by atoms with Gasteiger partial charge in [-0.3, -0.25) is 4.57 Å². The van der Waals surface area contributed by atoms with E-state index < -0.39 is 18.4 Å². The number of aliphatic hydroxyl groups excluding tert-OH is 2. The van der Waals surface area contributed by atoms with Gasteiger partial charge in [0.05, 0.1) is 0 Å². The van der Waals surface area contributed by atoms with Gasteiger partial charge in [-0.25, -0.2) is 9.97 Å². The molecule has 0 aliphatic carbocycles. The van der Waals surface area contributed by atoms with Crippen LogP contribution in [0.15, 0.2) is 23.9 Å². The maximum atomic E-state index is 9.93. The van der Waals surface area contributed by atoms with Crippen LogP contribution < -0.4 is 0 Å². The first kappa shape index (κ1) is 12.2. The van der Waals surface area contributed by atoms with Gasteiger partial charge in [0.25, 0.3) is 0 Å². The van der Waals surface area contributed by atoms with Gasteiger partial charge in [0.1, 0.15) is 30.6 Å². The Morgan fingerprint density at radius 1 is 1.32 bits per heavy atom. The maximum Gasteiger partial charge on any atom is 0.242 e. The Morgan fingerprint density at radius 2 is 2.11 bits per heavy atom. The van der Waals surface area contributed by atoms with Gasteiger partial charge in [-0.15, -0.1) is 0 Å². The summed E-state index contributed by atoms with van der Waals surface area (Å²) in [6, 6.07) is 0. The number of halogens is 1. The molecule has 1 aliphatic rings. The predicted octanol–water partition coefficient (Wildman–Crippen LogP) is -0.137. The molecule has 19 heavy (non-hydrogen) atoms. The van der Waals surface area contributed by atoms with Gasteiger partial charge in [-0.2, -0.15) is 4.98 Å². The van der Waals surface area contributed by atoms with E-state index in [2.05, 4.69) is 15.0 Å². The lowest BCUT2D eigenvalue weighted by Crippen LogP contribution is -2.27. The fraction of sp³-hybridized carbons (Fsp3) is 0.300. The summed E-state index contributed by atoms with van der Waals surface area (Å²) in [7, 11) is 0. The third-order valence-electron chi connectivity index (χ3n) is 2.89. The molecule has 3 rings (SSSR count). The van der Waals surface area contributed by atoms with Crippen LogP contribution in [-0.2, 0) is 4.74 Å². The molecule has 1 saturated heterocycles. The minimum atomic E-state index is -1.23. The molecule has 8 nitrogen and oxygen atoms in total. The summed E-state index contributed by atoms with van der Waals surface area (Å²) < 4.78 is 6.72. The Morgan fingerprint density at radius 3 is 2.79 bits per heavy atom. The number of hydrogen-bond acceptors (Lipinski definition) is 7. The van der Waals surface area contributed by atoms with E-state index in [0.29, 0.717) is 0 Å². The van der Waals surface area contributed by atoms with Crippen LogP contribution in [0.4, 0.5) is 0 Å². The Hall–Kier alpha value is -1.90. The molecule has 100 valence electrons. The molecule has 0 bridgehead atoms. The van der Waals surface area contributed by atoms with Crippen LogP contribution in [0, 0.1) is 0 Å². The zero-order valence-corrected chi connectivity index (χ0v) is 10.1. The molecule has 0 amide bonds. The molecule has 1 fully saturated rings. The fourth-order valence-electron chi connectivity index (χ4n) is 1.94. The van der Waals surface area contributed by atoms with Gasteiger partial charge in [0, 0.05) is 5.54 Å². The van der Waals surface area contributed by atoms with Gasteiger partial charge in [-0.1, -0.05) is 11.6 Å². The lowest BCUT2D eigenvalue weighted by molar-refractivity contribution is -0.0118. The lowest BCUT2D eigenvalue weighted by Gasteiger charge is -2.15. The molecule has 0 spiro atoms. The van der Waals surface area contributed by atoms with E-state index in [4.69, 9.17) is 16.3 Å². The number of hydrogen-bond donors (Lipinski definition) is 3. The maximum absolute atomic E-state index is 9.93. The van der Waals surface area contributed by atoms with Crippen LogP contribution in [0.25, 0.3) is 11.2 Å². The fourth-order valence-corrected chi connectivity index (χ4v) is 2.12. The molecule has 2 aromatic heterocycles. The van der Waals surface area contributed by atoms with E-state index in [-0.39, 0.29) is 22.8 Å². The summed E-state index contributed by atoms with van der Waals surface area (Å²) in [5, 5.41) is 29.2. The number of ether oxygens (including phenoxy) is 1. The number of nitrogens with zero attached hydrogens (tertiary/aromatic N) is 4. The SMILES string of the molecule is Oc1ncnc2c1ncn2[C@@H]1O/C(=C\Cl)C(O)C1O. The number of aromatic hydroxyl groups is 1. The molecule has 0 radical (unpaired) electrons. The lowest BCUT2D eigenvalue weighted by atomic mass is 10.2. The minimum Gasteiger partial charge on any atom is -0.492 e. The van der Waals surface area contributed by atoms with Crippen molar-refractivity contribution in [2.24, 2.45) is 0 Å². The molecule has 3 atom stereocenters. The van der Waals surface area contributed by atoms with Crippen LogP contribution >= 0.6 is 11.6 Å². The van der Waals surface area contributed by atoms with Crippen molar-refractivity contribution in [1.82, 2.24) is 19.5 Å². The van der Waals surface area contributed by atoms with Crippen LogP contribution in [-0.4, -0.2) is 47.0 Å². The van der Waals surface area contributed by atoms with Gasteiger partial charge < -0.3 is 20.1 Å². The van der Waals surface area contributed by atoms with Crippen LogP contribution in [0.2, 0.25) is 0 Å². The largest absolute Gasteiger partial charge is 0.492 e. The summed E-state index contributed by atoms with van der Waals surface area (Å²) in [5.41, 5.74) is 1.51. The zero-order valence-electron chi connectivity index (χ0n) is 9.38. The molecule has 0 aromatic carbocycles. The highest BCUT2D eigenvalue weighted by atomic mass is 35.5. The minimum absolute atomic E-state index is 0.0549. The van der Waals surface area contributed by atoms with Crippen molar-refractivity contribution in [2.75, 3.05) is 0 Å². The van der Waals surface area contributed by atoms with E-state index in [0.717, 1.165) is 11.9 Å². The van der Waals surface area contributed by atoms with Gasteiger partial charge in [0.15, 0.2) is 11.2 Å². The first-order chi connectivity index (χ1) is 9.13. The van der Waals surface area contributed by atoms with E-state index in [1.165, 1.54) is 10.9 Å². The smallest absolute Gasteiger partial charge is 0.242 e. The summed E-state index contributed by atoms with van der Waals surface area (Å²) in [6.45, 7) is 0. The summed E-state index contributed by atoms with van der Waals surface area (Å²) in [5.74, 6) is -0.218. The predicted molar refractivity (Wildman–Crippen MR) is 63.1 cm³/mol. The molecule has 9 heteroatoms. The molecule has 1 aliphatic heterocycles. The third kappa shape index (κ3) is 1.72. The van der Waals surface area contributed by atoms with Crippen molar-refractivity contribution >= 4 is 22.8 Å². The van der Waals surface area contributed by atoms with Crippen molar-refractivity contribution in [3.63, 3.8) is 0 Å². The Labute approximate surface area is 111 Å². The average molecular weight is 285 g/mol. The normalized spacial score (nSPS) is 29.0. The van der Waals surface area contributed by atoms with Crippen LogP contribution in [0.3, 0.4) is 0 Å². The van der Waals surface area contributed by atoms with E-state index >= 15 is 0 Å². The first-order valence-corrected chi connectivity index (χ1v) is 5.76. The van der Waals surface area contributed by atoms with E-state index in [1.807, 2.05) is 0 Å². The zero-order chi connectivity index (χ0) is 13.6. The second kappa shape index (κ2) is 4.34. The Kier molecular flexibility index (Phi) is 2.77. The standard InChI is InChI=1S/C10H9ClN4O4/c11-1-4-6(16)7(17)10(19-4)15-3-14-5-8(15)12-2-13-9(5)18/h1-3,6-7,10,16-17H,(H,12,13,18)/b4-1-/t6?,7?,10-/m1/s1. The summed E-state index contributed by atoms with van der Waals surface area (Å²) in [6.07, 6.45) is -0.892. The van der Waals surface area contributed by atoms with Gasteiger partial charge in [0.2, 0.25) is 12.1 Å². The van der Waals surface area contributed by atoms with Gasteiger partial charge in [-0.05, 0) is 0 Å². The Balaban J connectivity index is 2.09. The molecule has 0 saturated carbocycles. The molecular formula is C10H9ClN4O4. The summed E-state index contributed by atoms with van der Waals surface area (Å²) >= 11 is 5.49. The van der Waals surface area contributed by atoms with Gasteiger partial charge >= 0.3 is 0 Å². The van der Waals surface area contributed by atoms with Crippen molar-refractivity contribution in [3.05, 3.63) is 23.9 Å². The molecular weight excluding hydrogens is 276 g/mol. The van der Waals surface area contributed by atoms with Crippen molar-refractivity contribution in [2.45, 2.75) is 18.4 Å². The topological polar surface area (TPSA) is 114 Å². The number of aliphatic hydroxyl groups is 2. The summed E-state index contributed by atoms with van der Waals surface area (Å²) in [4.78, 5) is 11.5. The quantitative estimate of drug-likeness (QED) is 0.668. The van der Waals surface area contributed by atoms with Crippen LogP contribution in [0.5, 0.6) is 5.88 Å². The molecule has 3 N–H and O–H groups in total. The molecule has 2 unspecified atom stereocenters. The van der Waals surface area contributed by atoms with Crippen molar-refractivity contribution in [3.8, 4) is 5.88 Å². The average Bonchev–Trinajstić information content (AvgIpc) is 2.94. The van der Waals surface area contributed by atoms with Crippen molar-refractivity contribution in [1.29, 1.82) is 0 Å². The third-order valence-corrected chi connectivity index (χ3v) is 3.10. The monoisotopic (exact) mass is 284 g/mol. The first-order valence-electron chi connectivity index (χ1n) is 5.33. The van der Waals surface area contributed by atoms with Crippen molar-refractivity contribution < 1.29 is 20.1 Å². The number of rotatable bonds is 1. The number of aromatic nitrogens is 4. The van der Waals surface area contributed by atoms with E-state index in [1.54, 1.807) is 0 Å². The second-order valence-electron chi connectivity index (χ2n) is 3.98. The number of imidazole rings is 1. The highest BCUT2D eigenvalue weighted by Crippen LogP contribution is 2.34. The number of fused-ring (bicyclic) bond motifs is 1. The second-order valence-corrected chi connectivity index (χ2v) is 4.19. The highest BCUT2D eigenvalue weighted by molar-refractivity contribution is 6.25. The molecule has 3 heterocycles. The van der Waals surface area contributed by atoms with E-state index in [9.17, 15) is 15.3 Å². The van der Waals surface area contributed by atoms with Crippen LogP contribution in [0.1, 0.15) is 6.23 Å². The Bertz CT molecular complexity index is 658.